The van der Waals surface area contributed by atoms with Crippen LogP contribution in [0, 0.1) is 5.41 Å². The number of carbonyl (C=O) groups is 1. The standard InChI is InChI=1S/C26H34N4O3S.C2HF3O2/c1-26(2,3)17-27-23-16-33-24-11-10-20(14-29-34(31,32)25-15-30(4)18-28-25)13-22(24)21(23)12-19-8-6-5-7-9-19;3-2(4,5)1(6)7/h5-11,13,15,18,21,23,27,29H,12,14,16-17H2,1-4H3;(H,6,7)/t21-,23+;/m0./s1. The van der Waals surface area contributed by atoms with Crippen LogP contribution in [0.5, 0.6) is 5.75 Å². The zero-order valence-electron chi connectivity index (χ0n) is 23.3. The highest BCUT2D eigenvalue weighted by molar-refractivity contribution is 7.89. The molecular formula is C28H35F3N4O5S. The molecule has 0 saturated heterocycles. The lowest BCUT2D eigenvalue weighted by atomic mass is 9.82. The number of hydrogen-bond acceptors (Lipinski definition) is 6. The third-order valence-electron chi connectivity index (χ3n) is 6.24. The fourth-order valence-corrected chi connectivity index (χ4v) is 5.18. The van der Waals surface area contributed by atoms with Gasteiger partial charge < -0.3 is 19.7 Å². The molecule has 0 radical (unpaired) electrons. The van der Waals surface area contributed by atoms with Gasteiger partial charge in [-0.2, -0.15) is 13.2 Å². The van der Waals surface area contributed by atoms with E-state index in [1.54, 1.807) is 11.6 Å². The molecule has 1 aliphatic heterocycles. The summed E-state index contributed by atoms with van der Waals surface area (Å²) < 4.78 is 67.4. The number of imidazole rings is 1. The van der Waals surface area contributed by atoms with Gasteiger partial charge in [-0.25, -0.2) is 22.9 Å². The molecule has 3 N–H and O–H groups in total. The number of benzene rings is 2. The summed E-state index contributed by atoms with van der Waals surface area (Å²) in [6, 6.07) is 16.6. The highest BCUT2D eigenvalue weighted by atomic mass is 32.2. The number of halogens is 3. The second-order valence-electron chi connectivity index (χ2n) is 11.0. The van der Waals surface area contributed by atoms with E-state index in [0.29, 0.717) is 6.61 Å². The first kappa shape index (κ1) is 32.1. The Labute approximate surface area is 237 Å². The molecule has 224 valence electrons. The molecule has 2 atom stereocenters. The van der Waals surface area contributed by atoms with Crippen LogP contribution in [0.2, 0.25) is 0 Å². The van der Waals surface area contributed by atoms with E-state index in [9.17, 15) is 21.6 Å². The zero-order valence-corrected chi connectivity index (χ0v) is 24.1. The molecule has 1 aromatic heterocycles. The van der Waals surface area contributed by atoms with Crippen molar-refractivity contribution in [1.29, 1.82) is 0 Å². The average Bonchev–Trinajstić information content (AvgIpc) is 3.34. The van der Waals surface area contributed by atoms with Crippen molar-refractivity contribution >= 4 is 16.0 Å². The highest BCUT2D eigenvalue weighted by Crippen LogP contribution is 2.37. The summed E-state index contributed by atoms with van der Waals surface area (Å²) in [6.45, 7) is 8.32. The van der Waals surface area contributed by atoms with Gasteiger partial charge in [-0.05, 0) is 34.6 Å². The fourth-order valence-electron chi connectivity index (χ4n) is 4.18. The van der Waals surface area contributed by atoms with Crippen LogP contribution in [0.15, 0.2) is 66.1 Å². The Bertz CT molecular complexity index is 1420. The average molecular weight is 597 g/mol. The molecule has 13 heteroatoms. The van der Waals surface area contributed by atoms with E-state index in [0.717, 1.165) is 29.8 Å². The predicted octanol–water partition coefficient (Wildman–Crippen LogP) is 4.25. The van der Waals surface area contributed by atoms with E-state index in [2.05, 4.69) is 66.1 Å². The number of nitrogens with zero attached hydrogens (tertiary/aromatic N) is 2. The Morgan fingerprint density at radius 2 is 1.78 bits per heavy atom. The molecule has 0 amide bonds. The first-order valence-electron chi connectivity index (χ1n) is 12.9. The first-order valence-corrected chi connectivity index (χ1v) is 14.3. The Hall–Kier alpha value is -3.42. The number of fused-ring (bicyclic) bond motifs is 1. The largest absolute Gasteiger partial charge is 0.492 e. The van der Waals surface area contributed by atoms with E-state index >= 15 is 0 Å². The number of carboxylic acid groups (broad SMARTS) is 1. The van der Waals surface area contributed by atoms with Gasteiger partial charge >= 0.3 is 12.1 Å². The second-order valence-corrected chi connectivity index (χ2v) is 12.7. The molecule has 0 spiro atoms. The maximum absolute atomic E-state index is 12.6. The minimum Gasteiger partial charge on any atom is -0.492 e. The van der Waals surface area contributed by atoms with Gasteiger partial charge in [0.25, 0.3) is 10.0 Å². The smallest absolute Gasteiger partial charge is 0.490 e. The molecule has 2 heterocycles. The van der Waals surface area contributed by atoms with Gasteiger partial charge in [0.1, 0.15) is 12.4 Å². The van der Waals surface area contributed by atoms with Crippen molar-refractivity contribution in [3.05, 3.63) is 77.7 Å². The number of aromatic nitrogens is 2. The molecule has 1 aliphatic rings. The molecule has 2 aromatic carbocycles. The lowest BCUT2D eigenvalue weighted by Crippen LogP contribution is -2.46. The molecule has 4 rings (SSSR count). The summed E-state index contributed by atoms with van der Waals surface area (Å²) >= 11 is 0. The maximum atomic E-state index is 12.6. The van der Waals surface area contributed by atoms with Crippen LogP contribution in [0.1, 0.15) is 43.4 Å². The van der Waals surface area contributed by atoms with Crippen LogP contribution in [-0.2, 0) is 34.8 Å². The fraction of sp³-hybridized carbons (Fsp3) is 0.429. The lowest BCUT2D eigenvalue weighted by molar-refractivity contribution is -0.192. The quantitative estimate of drug-likeness (QED) is 0.355. The van der Waals surface area contributed by atoms with Crippen LogP contribution >= 0.6 is 0 Å². The van der Waals surface area contributed by atoms with Gasteiger partial charge in [0, 0.05) is 38.3 Å². The Morgan fingerprint density at radius 3 is 2.34 bits per heavy atom. The molecule has 9 nitrogen and oxygen atoms in total. The summed E-state index contributed by atoms with van der Waals surface area (Å²) in [6.07, 6.45) is -1.24. The lowest BCUT2D eigenvalue weighted by Gasteiger charge is -2.36. The highest BCUT2D eigenvalue weighted by Gasteiger charge is 2.38. The number of alkyl halides is 3. The van der Waals surface area contributed by atoms with Crippen molar-refractivity contribution in [3.8, 4) is 5.75 Å². The molecular weight excluding hydrogens is 561 g/mol. The number of sulfonamides is 1. The van der Waals surface area contributed by atoms with Crippen molar-refractivity contribution in [2.75, 3.05) is 13.2 Å². The first-order chi connectivity index (χ1) is 19.0. The van der Waals surface area contributed by atoms with Crippen LogP contribution in [0.4, 0.5) is 13.2 Å². The van der Waals surface area contributed by atoms with E-state index in [1.807, 2.05) is 18.2 Å². The van der Waals surface area contributed by atoms with Crippen molar-refractivity contribution in [3.63, 3.8) is 0 Å². The molecule has 0 bridgehead atoms. The Balaban J connectivity index is 0.000000587. The molecule has 0 aliphatic carbocycles. The number of rotatable bonds is 8. The van der Waals surface area contributed by atoms with Gasteiger partial charge in [-0.3, -0.25) is 0 Å². The van der Waals surface area contributed by atoms with E-state index in [4.69, 9.17) is 14.6 Å². The molecule has 0 fully saturated rings. The third-order valence-corrected chi connectivity index (χ3v) is 7.52. The van der Waals surface area contributed by atoms with Gasteiger partial charge in [-0.1, -0.05) is 63.2 Å². The van der Waals surface area contributed by atoms with Crippen LogP contribution in [0.3, 0.4) is 0 Å². The molecule has 0 saturated carbocycles. The van der Waals surface area contributed by atoms with Crippen molar-refractivity contribution < 1.29 is 36.2 Å². The van der Waals surface area contributed by atoms with Crippen molar-refractivity contribution in [2.24, 2.45) is 12.5 Å². The number of hydrogen-bond donors (Lipinski definition) is 3. The normalized spacial score (nSPS) is 17.1. The zero-order chi connectivity index (χ0) is 30.4. The van der Waals surface area contributed by atoms with Gasteiger partial charge in [0.05, 0.1) is 6.33 Å². The number of aliphatic carboxylic acids is 1. The second kappa shape index (κ2) is 13.0. The van der Waals surface area contributed by atoms with E-state index in [1.165, 1.54) is 18.1 Å². The minimum absolute atomic E-state index is 0.0182. The van der Waals surface area contributed by atoms with Crippen molar-refractivity contribution in [1.82, 2.24) is 19.6 Å². The molecule has 41 heavy (non-hydrogen) atoms. The van der Waals surface area contributed by atoms with Crippen molar-refractivity contribution in [2.45, 2.75) is 56.9 Å². The summed E-state index contributed by atoms with van der Waals surface area (Å²) in [4.78, 5) is 12.9. The summed E-state index contributed by atoms with van der Waals surface area (Å²) in [7, 11) is -1.94. The maximum Gasteiger partial charge on any atom is 0.490 e. The molecule has 3 aromatic rings. The van der Waals surface area contributed by atoms with Crippen LogP contribution in [0.25, 0.3) is 0 Å². The topological polar surface area (TPSA) is 123 Å². The van der Waals surface area contributed by atoms with Gasteiger partial charge in [-0.15, -0.1) is 0 Å². The van der Waals surface area contributed by atoms with E-state index in [-0.39, 0.29) is 28.9 Å². The van der Waals surface area contributed by atoms with Crippen LogP contribution in [-0.4, -0.2) is 54.4 Å². The van der Waals surface area contributed by atoms with E-state index < -0.39 is 22.2 Å². The predicted molar refractivity (Wildman–Crippen MR) is 147 cm³/mol. The Morgan fingerprint density at radius 1 is 1.12 bits per heavy atom. The van der Waals surface area contributed by atoms with Gasteiger partial charge in [0.2, 0.25) is 0 Å². The summed E-state index contributed by atoms with van der Waals surface area (Å²) in [5.74, 6) is -1.68. The SMILES string of the molecule is Cn1cnc(S(=O)(=O)NCc2ccc3c(c2)[C@H](Cc2ccccc2)[C@H](NCC(C)(C)C)CO3)c1.O=C(O)C(F)(F)F. The summed E-state index contributed by atoms with van der Waals surface area (Å²) in [5.41, 5.74) is 3.42. The van der Waals surface area contributed by atoms with Gasteiger partial charge in [0.15, 0.2) is 5.03 Å². The number of carboxylic acids is 1. The van der Waals surface area contributed by atoms with Crippen LogP contribution < -0.4 is 14.8 Å². The number of nitrogens with one attached hydrogen (secondary N) is 2. The minimum atomic E-state index is -5.08. The number of aryl methyl sites for hydroxylation is 1. The molecule has 0 unspecified atom stereocenters. The monoisotopic (exact) mass is 596 g/mol. The Kier molecular flexibility index (Phi) is 10.2. The number of ether oxygens (including phenoxy) is 1. The third kappa shape index (κ3) is 9.58. The summed E-state index contributed by atoms with van der Waals surface area (Å²) in [5, 5.41) is 10.9.